The average Bonchev–Trinajstić information content (AvgIpc) is 2.94. The fraction of sp³-hybridized carbons (Fsp3) is 0.737. The summed E-state index contributed by atoms with van der Waals surface area (Å²) < 4.78 is 7.65. The van der Waals surface area contributed by atoms with E-state index in [4.69, 9.17) is 17.0 Å². The number of likely N-dealkylation sites (tertiary alicyclic amines) is 1. The van der Waals surface area contributed by atoms with Crippen LogP contribution in [0.1, 0.15) is 37.9 Å². The monoisotopic (exact) mass is 364 g/mol. The standard InChI is InChI=1S/C19H32N4OS/c1-16-5-6-18(17-4-3-9-21(17)2)23(10-7-16)19(25)20-8-11-22-12-14-24-15-13-22/h3-4,9,16,18H,5-8,10-15H2,1-2H3,(H,20,25)/t16-,18-/m1/s1. The number of nitrogens with zero attached hydrogens (tertiary/aromatic N) is 3. The van der Waals surface area contributed by atoms with Gasteiger partial charge in [0.2, 0.25) is 0 Å². The van der Waals surface area contributed by atoms with E-state index >= 15 is 0 Å². The van der Waals surface area contributed by atoms with Crippen molar-refractivity contribution in [1.82, 2.24) is 19.7 Å². The molecule has 1 N–H and O–H groups in total. The Hall–Kier alpha value is -1.11. The summed E-state index contributed by atoms with van der Waals surface area (Å²) in [5.74, 6) is 0.768. The predicted molar refractivity (Wildman–Crippen MR) is 106 cm³/mol. The Bertz CT molecular complexity index is 555. The van der Waals surface area contributed by atoms with Crippen LogP contribution in [0.5, 0.6) is 0 Å². The normalized spacial score (nSPS) is 25.6. The third-order valence-electron chi connectivity index (χ3n) is 5.57. The summed E-state index contributed by atoms with van der Waals surface area (Å²) in [6.07, 6.45) is 5.79. The highest BCUT2D eigenvalue weighted by molar-refractivity contribution is 7.80. The van der Waals surface area contributed by atoms with Gasteiger partial charge in [-0.1, -0.05) is 6.92 Å². The van der Waals surface area contributed by atoms with Gasteiger partial charge in [-0.3, -0.25) is 4.90 Å². The van der Waals surface area contributed by atoms with Gasteiger partial charge in [0.1, 0.15) is 0 Å². The molecule has 2 saturated heterocycles. The van der Waals surface area contributed by atoms with Crippen LogP contribution in [0.25, 0.3) is 0 Å². The lowest BCUT2D eigenvalue weighted by molar-refractivity contribution is 0.0388. The van der Waals surface area contributed by atoms with Crippen LogP contribution in [0.15, 0.2) is 18.3 Å². The Morgan fingerprint density at radius 3 is 2.76 bits per heavy atom. The Balaban J connectivity index is 1.59. The van der Waals surface area contributed by atoms with E-state index in [0.29, 0.717) is 6.04 Å². The van der Waals surface area contributed by atoms with Gasteiger partial charge in [0.25, 0.3) is 0 Å². The molecule has 0 bridgehead atoms. The van der Waals surface area contributed by atoms with E-state index in [9.17, 15) is 0 Å². The highest BCUT2D eigenvalue weighted by Gasteiger charge is 2.28. The molecular formula is C19H32N4OS. The molecule has 2 aliphatic heterocycles. The fourth-order valence-electron chi connectivity index (χ4n) is 3.88. The van der Waals surface area contributed by atoms with Crippen LogP contribution in [-0.4, -0.2) is 65.4 Å². The SMILES string of the molecule is C[C@@H]1CC[C@H](c2cccn2C)N(C(=S)NCCN2CCOCC2)CC1. The van der Waals surface area contributed by atoms with Crippen molar-refractivity contribution in [3.8, 4) is 0 Å². The lowest BCUT2D eigenvalue weighted by Crippen LogP contribution is -2.46. The van der Waals surface area contributed by atoms with Gasteiger partial charge in [0.15, 0.2) is 5.11 Å². The van der Waals surface area contributed by atoms with Gasteiger partial charge < -0.3 is 19.5 Å². The summed E-state index contributed by atoms with van der Waals surface area (Å²) >= 11 is 5.80. The van der Waals surface area contributed by atoms with Crippen LogP contribution in [0.2, 0.25) is 0 Å². The molecule has 0 radical (unpaired) electrons. The van der Waals surface area contributed by atoms with E-state index < -0.39 is 0 Å². The minimum absolute atomic E-state index is 0.383. The fourth-order valence-corrected chi connectivity index (χ4v) is 4.20. The van der Waals surface area contributed by atoms with Crippen molar-refractivity contribution in [2.45, 2.75) is 32.2 Å². The van der Waals surface area contributed by atoms with Crippen LogP contribution in [-0.2, 0) is 11.8 Å². The average molecular weight is 365 g/mol. The summed E-state index contributed by atoms with van der Waals surface area (Å²) in [6, 6.07) is 4.76. The first-order chi connectivity index (χ1) is 12.1. The maximum Gasteiger partial charge on any atom is 0.169 e. The zero-order valence-electron chi connectivity index (χ0n) is 15.6. The number of ether oxygens (including phenoxy) is 1. The second-order valence-electron chi connectivity index (χ2n) is 7.41. The molecule has 0 aromatic carbocycles. The lowest BCUT2D eigenvalue weighted by Gasteiger charge is -2.33. The molecule has 0 spiro atoms. The van der Waals surface area contributed by atoms with E-state index in [-0.39, 0.29) is 0 Å². The molecule has 6 heteroatoms. The first-order valence-corrected chi connectivity index (χ1v) is 10.0. The lowest BCUT2D eigenvalue weighted by atomic mass is 10.0. The molecule has 1 aromatic rings. The molecule has 0 aliphatic carbocycles. The van der Waals surface area contributed by atoms with Gasteiger partial charge in [-0.25, -0.2) is 0 Å². The zero-order valence-corrected chi connectivity index (χ0v) is 16.4. The summed E-state index contributed by atoms with van der Waals surface area (Å²) in [5.41, 5.74) is 1.37. The van der Waals surface area contributed by atoms with E-state index in [1.54, 1.807) is 0 Å². The largest absolute Gasteiger partial charge is 0.379 e. The van der Waals surface area contributed by atoms with E-state index in [1.807, 2.05) is 0 Å². The Labute approximate surface area is 157 Å². The molecule has 0 saturated carbocycles. The molecule has 2 atom stereocenters. The highest BCUT2D eigenvalue weighted by atomic mass is 32.1. The van der Waals surface area contributed by atoms with Crippen molar-refractivity contribution in [2.75, 3.05) is 45.9 Å². The van der Waals surface area contributed by atoms with E-state index in [2.05, 4.69) is 52.0 Å². The van der Waals surface area contributed by atoms with Crippen molar-refractivity contribution in [1.29, 1.82) is 0 Å². The number of aromatic nitrogens is 1. The smallest absolute Gasteiger partial charge is 0.169 e. The number of aryl methyl sites for hydroxylation is 1. The summed E-state index contributed by atoms with van der Waals surface area (Å²) in [6.45, 7) is 9.10. The van der Waals surface area contributed by atoms with Gasteiger partial charge in [-0.2, -0.15) is 0 Å². The van der Waals surface area contributed by atoms with Crippen LogP contribution < -0.4 is 5.32 Å². The van der Waals surface area contributed by atoms with E-state index in [1.165, 1.54) is 25.0 Å². The summed E-state index contributed by atoms with van der Waals surface area (Å²) in [5, 5.41) is 4.43. The first-order valence-electron chi connectivity index (χ1n) is 9.61. The third kappa shape index (κ3) is 4.96. The zero-order chi connectivity index (χ0) is 17.6. The predicted octanol–water partition coefficient (Wildman–Crippen LogP) is 2.39. The molecule has 0 unspecified atom stereocenters. The van der Waals surface area contributed by atoms with Crippen molar-refractivity contribution in [3.05, 3.63) is 24.0 Å². The minimum atomic E-state index is 0.383. The van der Waals surface area contributed by atoms with Gasteiger partial charge in [0, 0.05) is 51.7 Å². The number of hydrogen-bond donors (Lipinski definition) is 1. The Morgan fingerprint density at radius 2 is 2.04 bits per heavy atom. The molecule has 5 nitrogen and oxygen atoms in total. The van der Waals surface area contributed by atoms with Gasteiger partial charge in [-0.15, -0.1) is 0 Å². The molecule has 1 aromatic heterocycles. The number of hydrogen-bond acceptors (Lipinski definition) is 3. The second kappa shape index (κ2) is 9.01. The maximum absolute atomic E-state index is 5.80. The van der Waals surface area contributed by atoms with Crippen molar-refractivity contribution >= 4 is 17.3 Å². The van der Waals surface area contributed by atoms with Gasteiger partial charge in [-0.05, 0) is 49.5 Å². The highest BCUT2D eigenvalue weighted by Crippen LogP contribution is 2.32. The second-order valence-corrected chi connectivity index (χ2v) is 7.80. The van der Waals surface area contributed by atoms with E-state index in [0.717, 1.165) is 57.0 Å². The molecular weight excluding hydrogens is 332 g/mol. The third-order valence-corrected chi connectivity index (χ3v) is 5.94. The first kappa shape index (κ1) is 18.7. The molecule has 0 amide bonds. The number of thiocarbonyl (C=S) groups is 1. The van der Waals surface area contributed by atoms with Crippen LogP contribution >= 0.6 is 12.2 Å². The van der Waals surface area contributed by atoms with Gasteiger partial charge >= 0.3 is 0 Å². The van der Waals surface area contributed by atoms with Gasteiger partial charge in [0.05, 0.1) is 19.3 Å². The number of rotatable bonds is 4. The summed E-state index contributed by atoms with van der Waals surface area (Å²) in [4.78, 5) is 4.87. The Kier molecular flexibility index (Phi) is 6.73. The van der Waals surface area contributed by atoms with Crippen molar-refractivity contribution in [3.63, 3.8) is 0 Å². The quantitative estimate of drug-likeness (QED) is 0.830. The number of nitrogens with one attached hydrogen (secondary N) is 1. The minimum Gasteiger partial charge on any atom is -0.379 e. The topological polar surface area (TPSA) is 32.7 Å². The van der Waals surface area contributed by atoms with Crippen molar-refractivity contribution < 1.29 is 4.74 Å². The maximum atomic E-state index is 5.80. The molecule has 2 fully saturated rings. The Morgan fingerprint density at radius 1 is 1.24 bits per heavy atom. The van der Waals surface area contributed by atoms with Crippen LogP contribution in [0, 0.1) is 5.92 Å². The summed E-state index contributed by atoms with van der Waals surface area (Å²) in [7, 11) is 2.14. The molecule has 3 heterocycles. The molecule has 2 aliphatic rings. The van der Waals surface area contributed by atoms with Crippen LogP contribution in [0.4, 0.5) is 0 Å². The molecule has 25 heavy (non-hydrogen) atoms. The van der Waals surface area contributed by atoms with Crippen LogP contribution in [0.3, 0.4) is 0 Å². The molecule has 140 valence electrons. The van der Waals surface area contributed by atoms with Crippen molar-refractivity contribution in [2.24, 2.45) is 13.0 Å². The number of morpholine rings is 1. The molecule has 3 rings (SSSR count).